The highest BCUT2D eigenvalue weighted by Crippen LogP contribution is 2.06. The molecule has 0 saturated heterocycles. The minimum absolute atomic E-state index is 0.000137. The second-order valence-corrected chi connectivity index (χ2v) is 4.28. The highest BCUT2D eigenvalue weighted by Gasteiger charge is 2.20. The smallest absolute Gasteiger partial charge is 0.239 e. The average Bonchev–Trinajstić information content (AvgIpc) is 2.15. The van der Waals surface area contributed by atoms with Crippen LogP contribution in [0.25, 0.3) is 0 Å². The number of nitrogens with two attached hydrogens (primary N) is 1. The van der Waals surface area contributed by atoms with Crippen LogP contribution in [0, 0.1) is 5.92 Å². The molecule has 1 amide bonds. The summed E-state index contributed by atoms with van der Waals surface area (Å²) >= 11 is 0. The summed E-state index contributed by atoms with van der Waals surface area (Å²) in [5.41, 5.74) is 5.81. The topological polar surface area (TPSA) is 66.6 Å². The third-order valence-corrected chi connectivity index (χ3v) is 2.22. The summed E-state index contributed by atoms with van der Waals surface area (Å²) in [6, 6.07) is -0.428. The van der Waals surface area contributed by atoms with Crippen molar-refractivity contribution in [2.24, 2.45) is 11.7 Å². The van der Waals surface area contributed by atoms with Gasteiger partial charge in [-0.05, 0) is 18.8 Å². The van der Waals surface area contributed by atoms with Gasteiger partial charge in [0.1, 0.15) is 0 Å². The SMILES string of the molecule is CCCN(CCO)C(=O)[C@@H](N)CC(C)C. The van der Waals surface area contributed by atoms with E-state index < -0.39 is 6.04 Å². The van der Waals surface area contributed by atoms with Gasteiger partial charge in [-0.1, -0.05) is 20.8 Å². The van der Waals surface area contributed by atoms with Gasteiger partial charge in [0.15, 0.2) is 0 Å². The second-order valence-electron chi connectivity index (χ2n) is 4.28. The first-order valence-electron chi connectivity index (χ1n) is 5.68. The summed E-state index contributed by atoms with van der Waals surface area (Å²) < 4.78 is 0. The molecule has 0 bridgehead atoms. The molecule has 0 aromatic heterocycles. The summed E-state index contributed by atoms with van der Waals surface area (Å²) in [6.45, 7) is 7.15. The molecule has 0 aliphatic carbocycles. The molecule has 0 aliphatic rings. The second kappa shape index (κ2) is 7.65. The Labute approximate surface area is 92.4 Å². The lowest BCUT2D eigenvalue weighted by Crippen LogP contribution is -2.45. The summed E-state index contributed by atoms with van der Waals surface area (Å²) in [6.07, 6.45) is 1.59. The van der Waals surface area contributed by atoms with Crippen molar-refractivity contribution in [3.8, 4) is 0 Å². The van der Waals surface area contributed by atoms with Crippen molar-refractivity contribution >= 4 is 5.91 Å². The zero-order valence-corrected chi connectivity index (χ0v) is 10.1. The van der Waals surface area contributed by atoms with E-state index in [-0.39, 0.29) is 12.5 Å². The van der Waals surface area contributed by atoms with Gasteiger partial charge in [0.05, 0.1) is 12.6 Å². The van der Waals surface area contributed by atoms with Crippen LogP contribution in [0.2, 0.25) is 0 Å². The van der Waals surface area contributed by atoms with Crippen LogP contribution in [0.5, 0.6) is 0 Å². The molecule has 1 atom stereocenters. The predicted octanol–water partition coefficient (Wildman–Crippen LogP) is 0.591. The zero-order valence-electron chi connectivity index (χ0n) is 10.1. The summed E-state index contributed by atoms with van der Waals surface area (Å²) in [5.74, 6) is 0.376. The standard InChI is InChI=1S/C11H24N2O2/c1-4-5-13(6-7-14)11(15)10(12)8-9(2)3/h9-10,14H,4-8,12H2,1-3H3/t10-/m0/s1. The fourth-order valence-corrected chi connectivity index (χ4v) is 1.57. The van der Waals surface area contributed by atoms with Crippen molar-refractivity contribution in [2.75, 3.05) is 19.7 Å². The van der Waals surface area contributed by atoms with Crippen LogP contribution in [-0.4, -0.2) is 41.7 Å². The number of hydrogen-bond acceptors (Lipinski definition) is 3. The molecule has 90 valence electrons. The van der Waals surface area contributed by atoms with Gasteiger partial charge in [-0.3, -0.25) is 4.79 Å². The van der Waals surface area contributed by atoms with E-state index in [1.807, 2.05) is 20.8 Å². The number of aliphatic hydroxyl groups excluding tert-OH is 1. The lowest BCUT2D eigenvalue weighted by molar-refractivity contribution is -0.133. The molecule has 0 aromatic rings. The minimum Gasteiger partial charge on any atom is -0.395 e. The first-order valence-corrected chi connectivity index (χ1v) is 5.68. The van der Waals surface area contributed by atoms with Crippen molar-refractivity contribution in [3.63, 3.8) is 0 Å². The quantitative estimate of drug-likeness (QED) is 0.654. The maximum atomic E-state index is 11.8. The Morgan fingerprint density at radius 2 is 2.00 bits per heavy atom. The van der Waals surface area contributed by atoms with Crippen LogP contribution in [0.3, 0.4) is 0 Å². The van der Waals surface area contributed by atoms with Gasteiger partial charge in [-0.25, -0.2) is 0 Å². The Kier molecular flexibility index (Phi) is 7.34. The molecule has 0 saturated carbocycles. The number of hydrogen-bond donors (Lipinski definition) is 2. The van der Waals surface area contributed by atoms with Gasteiger partial charge in [0.2, 0.25) is 5.91 Å². The molecule has 0 radical (unpaired) electrons. The first-order chi connectivity index (χ1) is 7.02. The zero-order chi connectivity index (χ0) is 11.8. The highest BCUT2D eigenvalue weighted by atomic mass is 16.3. The van der Waals surface area contributed by atoms with E-state index in [0.29, 0.717) is 25.4 Å². The Bertz CT molecular complexity index is 177. The van der Waals surface area contributed by atoms with Gasteiger partial charge >= 0.3 is 0 Å². The molecule has 15 heavy (non-hydrogen) atoms. The number of carbonyl (C=O) groups is 1. The largest absolute Gasteiger partial charge is 0.395 e. The molecule has 0 spiro atoms. The van der Waals surface area contributed by atoms with E-state index in [1.165, 1.54) is 0 Å². The molecular weight excluding hydrogens is 192 g/mol. The molecule has 0 heterocycles. The van der Waals surface area contributed by atoms with Crippen molar-refractivity contribution < 1.29 is 9.90 Å². The fraction of sp³-hybridized carbons (Fsp3) is 0.909. The molecule has 4 nitrogen and oxygen atoms in total. The lowest BCUT2D eigenvalue weighted by atomic mass is 10.0. The van der Waals surface area contributed by atoms with Crippen LogP contribution in [0.4, 0.5) is 0 Å². The van der Waals surface area contributed by atoms with Gasteiger partial charge in [0.25, 0.3) is 0 Å². The number of aliphatic hydroxyl groups is 1. The Morgan fingerprint density at radius 3 is 2.40 bits per heavy atom. The number of amides is 1. The van der Waals surface area contributed by atoms with E-state index in [4.69, 9.17) is 10.8 Å². The predicted molar refractivity (Wildman–Crippen MR) is 61.4 cm³/mol. The molecule has 0 aliphatic heterocycles. The van der Waals surface area contributed by atoms with Gasteiger partial charge < -0.3 is 15.7 Å². The molecule has 0 fully saturated rings. The van der Waals surface area contributed by atoms with E-state index >= 15 is 0 Å². The number of carbonyl (C=O) groups excluding carboxylic acids is 1. The Morgan fingerprint density at radius 1 is 1.40 bits per heavy atom. The lowest BCUT2D eigenvalue weighted by Gasteiger charge is -2.25. The van der Waals surface area contributed by atoms with E-state index in [9.17, 15) is 4.79 Å². The molecular formula is C11H24N2O2. The monoisotopic (exact) mass is 216 g/mol. The third-order valence-electron chi connectivity index (χ3n) is 2.22. The maximum absolute atomic E-state index is 11.8. The number of rotatable bonds is 7. The van der Waals surface area contributed by atoms with Crippen LogP contribution in [-0.2, 0) is 4.79 Å². The molecule has 0 aromatic carbocycles. The molecule has 4 heteroatoms. The highest BCUT2D eigenvalue weighted by molar-refractivity contribution is 5.81. The van der Waals surface area contributed by atoms with E-state index in [1.54, 1.807) is 4.90 Å². The summed E-state index contributed by atoms with van der Waals surface area (Å²) in [7, 11) is 0. The van der Waals surface area contributed by atoms with Gasteiger partial charge in [0, 0.05) is 13.1 Å². The van der Waals surface area contributed by atoms with E-state index in [0.717, 1.165) is 6.42 Å². The fourth-order valence-electron chi connectivity index (χ4n) is 1.57. The summed E-state index contributed by atoms with van der Waals surface area (Å²) in [4.78, 5) is 13.5. The van der Waals surface area contributed by atoms with Crippen LogP contribution in [0.15, 0.2) is 0 Å². The van der Waals surface area contributed by atoms with Crippen molar-refractivity contribution in [1.29, 1.82) is 0 Å². The van der Waals surface area contributed by atoms with Crippen LogP contribution >= 0.6 is 0 Å². The average molecular weight is 216 g/mol. The minimum atomic E-state index is -0.428. The number of nitrogens with zero attached hydrogens (tertiary/aromatic N) is 1. The van der Waals surface area contributed by atoms with Crippen molar-refractivity contribution in [1.82, 2.24) is 4.90 Å². The summed E-state index contributed by atoms with van der Waals surface area (Å²) in [5, 5.41) is 8.84. The maximum Gasteiger partial charge on any atom is 0.239 e. The van der Waals surface area contributed by atoms with Crippen molar-refractivity contribution in [3.05, 3.63) is 0 Å². The van der Waals surface area contributed by atoms with Crippen LogP contribution in [0.1, 0.15) is 33.6 Å². The molecule has 0 rings (SSSR count). The normalized spacial score (nSPS) is 12.9. The van der Waals surface area contributed by atoms with E-state index in [2.05, 4.69) is 0 Å². The Hall–Kier alpha value is -0.610. The molecule has 3 N–H and O–H groups in total. The van der Waals surface area contributed by atoms with Gasteiger partial charge in [-0.2, -0.15) is 0 Å². The van der Waals surface area contributed by atoms with Crippen molar-refractivity contribution in [2.45, 2.75) is 39.7 Å². The molecule has 0 unspecified atom stereocenters. The first kappa shape index (κ1) is 14.4. The third kappa shape index (κ3) is 5.74. The Balaban J connectivity index is 4.21. The van der Waals surface area contributed by atoms with Gasteiger partial charge in [-0.15, -0.1) is 0 Å². The van der Waals surface area contributed by atoms with Crippen LogP contribution < -0.4 is 5.73 Å².